The zero-order valence-electron chi connectivity index (χ0n) is 16.9. The fourth-order valence-corrected chi connectivity index (χ4v) is 4.67. The highest BCUT2D eigenvalue weighted by Gasteiger charge is 2.38. The van der Waals surface area contributed by atoms with E-state index in [4.69, 9.17) is 22.1 Å². The van der Waals surface area contributed by atoms with E-state index in [1.54, 1.807) is 18.2 Å². The highest BCUT2D eigenvalue weighted by Crippen LogP contribution is 2.32. The quantitative estimate of drug-likeness (QED) is 0.425. The first-order chi connectivity index (χ1) is 14.4. The molecule has 7 heteroatoms. The number of nitrogens with two attached hydrogens (primary N) is 1. The Morgan fingerprint density at radius 1 is 1.23 bits per heavy atom. The normalized spacial score (nSPS) is 21.4. The largest absolute Gasteiger partial charge is 0.495 e. The maximum atomic E-state index is 13.1. The van der Waals surface area contributed by atoms with Gasteiger partial charge in [-0.2, -0.15) is 0 Å². The van der Waals surface area contributed by atoms with Gasteiger partial charge in [0.05, 0.1) is 12.1 Å². The van der Waals surface area contributed by atoms with Crippen molar-refractivity contribution >= 4 is 23.1 Å². The Labute approximate surface area is 180 Å². The van der Waals surface area contributed by atoms with Gasteiger partial charge in [0.1, 0.15) is 11.6 Å². The second-order valence-electron chi connectivity index (χ2n) is 7.91. The zero-order valence-corrected chi connectivity index (χ0v) is 17.6. The maximum absolute atomic E-state index is 13.1. The fourth-order valence-electron chi connectivity index (χ4n) is 4.43. The van der Waals surface area contributed by atoms with Gasteiger partial charge < -0.3 is 15.4 Å². The molecule has 0 amide bonds. The molecule has 5 nitrogen and oxygen atoms in total. The number of ether oxygens (including phenoxy) is 1. The summed E-state index contributed by atoms with van der Waals surface area (Å²) in [5.74, 6) is 0.0464. The van der Waals surface area contributed by atoms with Gasteiger partial charge in [0.15, 0.2) is 5.78 Å². The molecule has 30 heavy (non-hydrogen) atoms. The number of anilines is 1. The predicted octanol–water partition coefficient (Wildman–Crippen LogP) is 4.12. The smallest absolute Gasteiger partial charge is 0.189 e. The number of halogens is 2. The van der Waals surface area contributed by atoms with Crippen LogP contribution in [0.25, 0.3) is 0 Å². The molecule has 2 heterocycles. The summed E-state index contributed by atoms with van der Waals surface area (Å²) in [5, 5.41) is 0.380. The van der Waals surface area contributed by atoms with Crippen LogP contribution in [-0.2, 0) is 6.54 Å². The van der Waals surface area contributed by atoms with E-state index in [9.17, 15) is 9.18 Å². The number of carbonyl (C=O) groups excluding carboxylic acids is 1. The van der Waals surface area contributed by atoms with Crippen molar-refractivity contribution < 1.29 is 13.9 Å². The second kappa shape index (κ2) is 8.66. The number of rotatable bonds is 6. The van der Waals surface area contributed by atoms with Crippen LogP contribution in [0, 0.1) is 5.82 Å². The van der Waals surface area contributed by atoms with Crippen molar-refractivity contribution in [3.05, 3.63) is 70.6 Å². The lowest BCUT2D eigenvalue weighted by molar-refractivity contribution is 0.0967. The molecule has 2 unspecified atom stereocenters. The van der Waals surface area contributed by atoms with Gasteiger partial charge in [-0.3, -0.25) is 9.69 Å². The molecular formula is C23H25ClFN3O2. The molecule has 0 saturated carbocycles. The summed E-state index contributed by atoms with van der Waals surface area (Å²) in [4.78, 5) is 17.4. The molecule has 4 rings (SSSR count). The molecule has 2 aromatic carbocycles. The van der Waals surface area contributed by atoms with Gasteiger partial charge in [-0.1, -0.05) is 23.7 Å². The Morgan fingerprint density at radius 3 is 2.53 bits per heavy atom. The van der Waals surface area contributed by atoms with Crippen LogP contribution in [0.1, 0.15) is 28.8 Å². The third-order valence-corrected chi connectivity index (χ3v) is 6.22. The molecule has 2 aromatic rings. The van der Waals surface area contributed by atoms with E-state index in [1.807, 2.05) is 18.3 Å². The highest BCUT2D eigenvalue weighted by molar-refractivity contribution is 6.32. The number of fused-ring (bicyclic) bond motifs is 2. The molecule has 2 atom stereocenters. The van der Waals surface area contributed by atoms with Gasteiger partial charge in [-0.15, -0.1) is 0 Å². The SMILES string of the molecule is COc1cc(C(=O)C=CN2C3CCC2CN(Cc2ccc(F)cc2)C3)c(N)cc1Cl. The Balaban J connectivity index is 1.42. The molecule has 2 saturated heterocycles. The van der Waals surface area contributed by atoms with Crippen LogP contribution in [0.5, 0.6) is 5.75 Å². The average Bonchev–Trinajstić information content (AvgIpc) is 2.96. The van der Waals surface area contributed by atoms with Crippen molar-refractivity contribution in [1.29, 1.82) is 0 Å². The number of hydrogen-bond donors (Lipinski definition) is 1. The Kier molecular flexibility index (Phi) is 5.97. The highest BCUT2D eigenvalue weighted by atomic mass is 35.5. The third kappa shape index (κ3) is 4.30. The van der Waals surface area contributed by atoms with Gasteiger partial charge in [-0.25, -0.2) is 4.39 Å². The van der Waals surface area contributed by atoms with Crippen molar-refractivity contribution in [2.24, 2.45) is 0 Å². The summed E-state index contributed by atoms with van der Waals surface area (Å²) in [5.41, 5.74) is 7.82. The number of hydrogen-bond acceptors (Lipinski definition) is 5. The van der Waals surface area contributed by atoms with E-state index < -0.39 is 0 Å². The maximum Gasteiger partial charge on any atom is 0.189 e. The summed E-state index contributed by atoms with van der Waals surface area (Å²) in [6.07, 6.45) is 5.68. The Hall–Kier alpha value is -2.57. The number of benzene rings is 2. The number of allylic oxidation sites excluding steroid dienone is 1. The lowest BCUT2D eigenvalue weighted by Crippen LogP contribution is -2.50. The van der Waals surface area contributed by atoms with Gasteiger partial charge in [-0.05, 0) is 42.7 Å². The van der Waals surface area contributed by atoms with Crippen LogP contribution in [0.2, 0.25) is 5.02 Å². The lowest BCUT2D eigenvalue weighted by Gasteiger charge is -2.40. The minimum atomic E-state index is -0.211. The first kappa shape index (κ1) is 20.7. The molecule has 0 radical (unpaired) electrons. The van der Waals surface area contributed by atoms with Crippen molar-refractivity contribution in [2.75, 3.05) is 25.9 Å². The van der Waals surface area contributed by atoms with Crippen LogP contribution in [0.15, 0.2) is 48.7 Å². The fraction of sp³-hybridized carbons (Fsp3) is 0.348. The first-order valence-corrected chi connectivity index (χ1v) is 10.4. The van der Waals surface area contributed by atoms with Crippen LogP contribution in [-0.4, -0.2) is 47.9 Å². The molecule has 0 spiro atoms. The van der Waals surface area contributed by atoms with Crippen LogP contribution in [0.4, 0.5) is 10.1 Å². The van der Waals surface area contributed by atoms with Crippen LogP contribution >= 0.6 is 11.6 Å². The standard InChI is InChI=1S/C23H25ClFN3O2/c1-30-23-10-19(21(26)11-20(23)24)22(29)8-9-28-17-6-7-18(28)14-27(13-17)12-15-2-4-16(25)5-3-15/h2-5,8-11,17-18H,6-7,12-14,26H2,1H3. The number of methoxy groups -OCH3 is 1. The van der Waals surface area contributed by atoms with Gasteiger partial charge in [0, 0.05) is 55.2 Å². The van der Waals surface area contributed by atoms with Crippen molar-refractivity contribution in [3.8, 4) is 5.75 Å². The van der Waals surface area contributed by atoms with Crippen molar-refractivity contribution in [3.63, 3.8) is 0 Å². The van der Waals surface area contributed by atoms with Crippen LogP contribution < -0.4 is 10.5 Å². The second-order valence-corrected chi connectivity index (χ2v) is 8.31. The minimum absolute atomic E-state index is 0.171. The molecule has 2 bridgehead atoms. The van der Waals surface area contributed by atoms with Crippen molar-refractivity contribution in [2.45, 2.75) is 31.5 Å². The van der Waals surface area contributed by atoms with E-state index >= 15 is 0 Å². The summed E-state index contributed by atoms with van der Waals surface area (Å²) >= 11 is 6.07. The zero-order chi connectivity index (χ0) is 21.3. The molecule has 2 aliphatic heterocycles. The van der Waals surface area contributed by atoms with E-state index in [2.05, 4.69) is 9.80 Å². The minimum Gasteiger partial charge on any atom is -0.495 e. The van der Waals surface area contributed by atoms with E-state index in [0.717, 1.165) is 38.0 Å². The summed E-state index contributed by atoms with van der Waals surface area (Å²) in [6, 6.07) is 10.5. The topological polar surface area (TPSA) is 58.8 Å². The number of piperazine rings is 1. The lowest BCUT2D eigenvalue weighted by atomic mass is 10.1. The molecule has 0 aromatic heterocycles. The van der Waals surface area contributed by atoms with Crippen LogP contribution in [0.3, 0.4) is 0 Å². The molecule has 0 aliphatic carbocycles. The summed E-state index contributed by atoms with van der Waals surface area (Å²) in [7, 11) is 1.50. The van der Waals surface area contributed by atoms with Crippen molar-refractivity contribution in [1.82, 2.24) is 9.80 Å². The average molecular weight is 430 g/mol. The molecule has 2 aliphatic rings. The summed E-state index contributed by atoms with van der Waals surface area (Å²) < 4.78 is 18.3. The number of nitrogens with zero attached hydrogens (tertiary/aromatic N) is 2. The number of nitrogen functional groups attached to an aromatic ring is 1. The monoisotopic (exact) mass is 429 g/mol. The summed E-state index contributed by atoms with van der Waals surface area (Å²) in [6.45, 7) is 2.65. The van der Waals surface area contributed by atoms with E-state index in [-0.39, 0.29) is 11.6 Å². The predicted molar refractivity (Wildman–Crippen MR) is 116 cm³/mol. The number of likely N-dealkylation sites (tertiary alicyclic amines) is 1. The van der Waals surface area contributed by atoms with Gasteiger partial charge in [0.2, 0.25) is 0 Å². The third-order valence-electron chi connectivity index (χ3n) is 5.92. The number of carbonyl (C=O) groups is 1. The Morgan fingerprint density at radius 2 is 1.90 bits per heavy atom. The molecule has 2 N–H and O–H groups in total. The van der Waals surface area contributed by atoms with E-state index in [1.165, 1.54) is 19.2 Å². The van der Waals surface area contributed by atoms with E-state index in [0.29, 0.717) is 34.1 Å². The molecular weight excluding hydrogens is 405 g/mol. The van der Waals surface area contributed by atoms with Gasteiger partial charge in [0.25, 0.3) is 0 Å². The number of ketones is 1. The molecule has 158 valence electrons. The Bertz CT molecular complexity index is 950. The first-order valence-electron chi connectivity index (χ1n) is 10.0. The van der Waals surface area contributed by atoms with Gasteiger partial charge >= 0.3 is 0 Å². The molecule has 2 fully saturated rings.